The molecule has 1 aromatic rings. The molecule has 1 aliphatic rings. The first kappa shape index (κ1) is 12.1. The molecule has 0 spiro atoms. The second kappa shape index (κ2) is 5.28. The zero-order valence-electron chi connectivity index (χ0n) is 9.82. The molecule has 0 radical (unpaired) electrons. The van der Waals surface area contributed by atoms with Crippen molar-refractivity contribution in [3.63, 3.8) is 0 Å². The Morgan fingerprint density at radius 2 is 2.38 bits per heavy atom. The molecule has 1 aromatic heterocycles. The minimum Gasteiger partial charge on any atom is -0.378 e. The summed E-state index contributed by atoms with van der Waals surface area (Å²) in [5.74, 6) is 0.614. The summed E-state index contributed by atoms with van der Waals surface area (Å²) in [5.41, 5.74) is 2.37. The van der Waals surface area contributed by atoms with E-state index in [-0.39, 0.29) is 0 Å². The van der Waals surface area contributed by atoms with E-state index in [1.807, 2.05) is 6.20 Å². The van der Waals surface area contributed by atoms with E-state index in [0.29, 0.717) is 16.8 Å². The molecule has 0 N–H and O–H groups in total. The average Bonchev–Trinajstić information content (AvgIpc) is 2.68. The number of pyridine rings is 1. The molecule has 0 bridgehead atoms. The van der Waals surface area contributed by atoms with Crippen LogP contribution in [0.2, 0.25) is 0 Å². The Morgan fingerprint density at radius 3 is 2.94 bits per heavy atom. The minimum absolute atomic E-state index is 0.370. The molecule has 0 aromatic carbocycles. The number of nitrogens with zero attached hydrogens (tertiary/aromatic N) is 1. The fourth-order valence-electron chi connectivity index (χ4n) is 2.19. The minimum atomic E-state index is 0.370. The Kier molecular flexibility index (Phi) is 3.98. The number of halogens is 1. The Hall–Kier alpha value is -0.410. The highest BCUT2D eigenvalue weighted by Crippen LogP contribution is 2.30. The SMILES string of the molecule is Cc1ccc(CC(Br)C2CCOC2C)nc1. The van der Waals surface area contributed by atoms with Gasteiger partial charge in [0, 0.05) is 29.7 Å². The van der Waals surface area contributed by atoms with Crippen LogP contribution in [0.4, 0.5) is 0 Å². The van der Waals surface area contributed by atoms with Crippen molar-refractivity contribution in [1.82, 2.24) is 4.98 Å². The first-order valence-corrected chi connectivity index (χ1v) is 6.75. The van der Waals surface area contributed by atoms with Crippen LogP contribution >= 0.6 is 15.9 Å². The number of alkyl halides is 1. The van der Waals surface area contributed by atoms with E-state index < -0.39 is 0 Å². The van der Waals surface area contributed by atoms with E-state index in [9.17, 15) is 0 Å². The van der Waals surface area contributed by atoms with Crippen LogP contribution in [-0.4, -0.2) is 22.5 Å². The molecule has 16 heavy (non-hydrogen) atoms. The van der Waals surface area contributed by atoms with Gasteiger partial charge in [-0.3, -0.25) is 4.98 Å². The number of aromatic nitrogens is 1. The van der Waals surface area contributed by atoms with Crippen molar-refractivity contribution >= 4 is 15.9 Å². The van der Waals surface area contributed by atoms with Gasteiger partial charge in [-0.2, -0.15) is 0 Å². The second-order valence-corrected chi connectivity index (χ2v) is 5.75. The van der Waals surface area contributed by atoms with E-state index in [0.717, 1.165) is 25.1 Å². The third-order valence-corrected chi connectivity index (χ3v) is 4.28. The summed E-state index contributed by atoms with van der Waals surface area (Å²) in [5, 5.41) is 0. The van der Waals surface area contributed by atoms with Crippen molar-refractivity contribution in [2.75, 3.05) is 6.61 Å². The lowest BCUT2D eigenvalue weighted by atomic mass is 9.95. The third-order valence-electron chi connectivity index (χ3n) is 3.28. The zero-order chi connectivity index (χ0) is 11.5. The van der Waals surface area contributed by atoms with Crippen LogP contribution in [0.1, 0.15) is 24.6 Å². The summed E-state index contributed by atoms with van der Waals surface area (Å²) >= 11 is 3.78. The maximum atomic E-state index is 5.59. The van der Waals surface area contributed by atoms with Gasteiger partial charge in [0.15, 0.2) is 0 Å². The van der Waals surface area contributed by atoms with Gasteiger partial charge in [-0.15, -0.1) is 0 Å². The molecule has 1 aliphatic heterocycles. The van der Waals surface area contributed by atoms with Crippen LogP contribution in [0.5, 0.6) is 0 Å². The fourth-order valence-corrected chi connectivity index (χ4v) is 3.22. The lowest BCUT2D eigenvalue weighted by Crippen LogP contribution is -2.23. The first-order chi connectivity index (χ1) is 7.66. The van der Waals surface area contributed by atoms with Crippen LogP contribution < -0.4 is 0 Å². The lowest BCUT2D eigenvalue weighted by molar-refractivity contribution is 0.105. The summed E-state index contributed by atoms with van der Waals surface area (Å²) in [6.45, 7) is 5.12. The predicted molar refractivity (Wildman–Crippen MR) is 68.9 cm³/mol. The van der Waals surface area contributed by atoms with Crippen molar-refractivity contribution in [1.29, 1.82) is 0 Å². The van der Waals surface area contributed by atoms with Gasteiger partial charge in [0.1, 0.15) is 0 Å². The second-order valence-electron chi connectivity index (χ2n) is 4.58. The standard InChI is InChI=1S/C13H18BrNO/c1-9-3-4-11(15-8-9)7-13(14)12-5-6-16-10(12)2/h3-4,8,10,12-13H,5-7H2,1-2H3. The molecular formula is C13H18BrNO. The molecule has 2 heterocycles. The van der Waals surface area contributed by atoms with Gasteiger partial charge in [0.2, 0.25) is 0 Å². The predicted octanol–water partition coefficient (Wildman–Crippen LogP) is 3.12. The highest BCUT2D eigenvalue weighted by Gasteiger charge is 2.30. The van der Waals surface area contributed by atoms with Crippen LogP contribution in [0, 0.1) is 12.8 Å². The van der Waals surface area contributed by atoms with Gasteiger partial charge < -0.3 is 4.74 Å². The van der Waals surface area contributed by atoms with Crippen molar-refractivity contribution in [2.24, 2.45) is 5.92 Å². The van der Waals surface area contributed by atoms with Crippen molar-refractivity contribution < 1.29 is 4.74 Å². The number of hydrogen-bond donors (Lipinski definition) is 0. The number of aryl methyl sites for hydroxylation is 1. The maximum absolute atomic E-state index is 5.59. The maximum Gasteiger partial charge on any atom is 0.0586 e. The van der Waals surface area contributed by atoms with E-state index in [1.54, 1.807) is 0 Å². The van der Waals surface area contributed by atoms with Crippen molar-refractivity contribution in [3.05, 3.63) is 29.6 Å². The highest BCUT2D eigenvalue weighted by molar-refractivity contribution is 9.09. The summed E-state index contributed by atoms with van der Waals surface area (Å²) in [4.78, 5) is 4.92. The van der Waals surface area contributed by atoms with Crippen LogP contribution in [0.3, 0.4) is 0 Å². The molecule has 1 fully saturated rings. The van der Waals surface area contributed by atoms with E-state index in [1.165, 1.54) is 5.56 Å². The van der Waals surface area contributed by atoms with Gasteiger partial charge in [-0.1, -0.05) is 22.0 Å². The summed E-state index contributed by atoms with van der Waals surface area (Å²) in [7, 11) is 0. The van der Waals surface area contributed by atoms with Crippen LogP contribution in [0.15, 0.2) is 18.3 Å². The molecule has 2 nitrogen and oxygen atoms in total. The zero-order valence-corrected chi connectivity index (χ0v) is 11.4. The van der Waals surface area contributed by atoms with E-state index in [4.69, 9.17) is 4.74 Å². The Balaban J connectivity index is 1.96. The Morgan fingerprint density at radius 1 is 1.56 bits per heavy atom. The fraction of sp³-hybridized carbons (Fsp3) is 0.615. The normalized spacial score (nSPS) is 26.9. The molecule has 0 aliphatic carbocycles. The van der Waals surface area contributed by atoms with E-state index in [2.05, 4.69) is 46.9 Å². The van der Waals surface area contributed by atoms with Crippen molar-refractivity contribution in [2.45, 2.75) is 37.6 Å². The molecular weight excluding hydrogens is 266 g/mol. The van der Waals surface area contributed by atoms with Gasteiger partial charge in [-0.25, -0.2) is 0 Å². The van der Waals surface area contributed by atoms with Crippen LogP contribution in [0.25, 0.3) is 0 Å². The Bertz CT molecular complexity index is 338. The molecule has 2 rings (SSSR count). The average molecular weight is 284 g/mol. The number of ether oxygens (including phenoxy) is 1. The van der Waals surface area contributed by atoms with Gasteiger partial charge in [0.05, 0.1) is 6.10 Å². The Labute approximate surface area is 106 Å². The van der Waals surface area contributed by atoms with E-state index >= 15 is 0 Å². The highest BCUT2D eigenvalue weighted by atomic mass is 79.9. The van der Waals surface area contributed by atoms with Gasteiger partial charge >= 0.3 is 0 Å². The van der Waals surface area contributed by atoms with Gasteiger partial charge in [0.25, 0.3) is 0 Å². The first-order valence-electron chi connectivity index (χ1n) is 5.84. The molecule has 88 valence electrons. The summed E-state index contributed by atoms with van der Waals surface area (Å²) in [6.07, 6.45) is 4.44. The molecule has 0 saturated carbocycles. The molecule has 0 amide bonds. The number of rotatable bonds is 3. The monoisotopic (exact) mass is 283 g/mol. The molecule has 3 heteroatoms. The summed E-state index contributed by atoms with van der Waals surface area (Å²) < 4.78 is 5.59. The molecule has 1 saturated heterocycles. The third kappa shape index (κ3) is 2.83. The largest absolute Gasteiger partial charge is 0.378 e. The van der Waals surface area contributed by atoms with Crippen LogP contribution in [-0.2, 0) is 11.2 Å². The summed E-state index contributed by atoms with van der Waals surface area (Å²) in [6, 6.07) is 4.24. The van der Waals surface area contributed by atoms with Gasteiger partial charge in [-0.05, 0) is 37.8 Å². The lowest BCUT2D eigenvalue weighted by Gasteiger charge is -2.20. The number of hydrogen-bond acceptors (Lipinski definition) is 2. The van der Waals surface area contributed by atoms with Crippen molar-refractivity contribution in [3.8, 4) is 0 Å². The molecule has 3 atom stereocenters. The quantitative estimate of drug-likeness (QED) is 0.796. The topological polar surface area (TPSA) is 22.1 Å². The molecule has 3 unspecified atom stereocenters. The smallest absolute Gasteiger partial charge is 0.0586 e.